The van der Waals surface area contributed by atoms with E-state index in [2.05, 4.69) is 15.6 Å². The second-order valence-electron chi connectivity index (χ2n) is 8.00. The first-order valence-corrected chi connectivity index (χ1v) is 13.0. The number of anilines is 3. The van der Waals surface area contributed by atoms with Gasteiger partial charge in [0.1, 0.15) is 5.82 Å². The van der Waals surface area contributed by atoms with Crippen LogP contribution in [0.3, 0.4) is 0 Å². The zero-order chi connectivity index (χ0) is 25.8. The van der Waals surface area contributed by atoms with Crippen LogP contribution in [0.4, 0.5) is 22.0 Å². The molecule has 0 aliphatic rings. The Kier molecular flexibility index (Phi) is 6.72. The van der Waals surface area contributed by atoms with Gasteiger partial charge in [-0.15, -0.1) is 0 Å². The standard InChI is InChI=1S/C27H20ClN5O3S/c28-19-11-16-24-23(17-19)26(32-25(31-24)18-7-3-1-4-8-18)29-21-12-14-22(15-13-21)37(35,36)33-27(34)30-20-9-5-2-6-10-20/h1-17H,(H,29,31,32)(H2,30,33,34). The molecule has 0 fully saturated rings. The lowest BCUT2D eigenvalue weighted by Crippen LogP contribution is -2.34. The number of carbonyl (C=O) groups is 1. The van der Waals surface area contributed by atoms with E-state index in [1.807, 2.05) is 41.1 Å². The number of sulfonamides is 1. The number of nitrogens with one attached hydrogen (secondary N) is 3. The van der Waals surface area contributed by atoms with Crippen molar-refractivity contribution in [1.82, 2.24) is 14.7 Å². The number of hydrogen-bond acceptors (Lipinski definition) is 6. The quantitative estimate of drug-likeness (QED) is 0.241. The van der Waals surface area contributed by atoms with E-state index in [0.717, 1.165) is 5.56 Å². The molecule has 4 aromatic carbocycles. The first-order valence-electron chi connectivity index (χ1n) is 11.2. The minimum Gasteiger partial charge on any atom is -0.340 e. The molecule has 0 spiro atoms. The molecule has 5 aromatic rings. The molecule has 5 rings (SSSR count). The van der Waals surface area contributed by atoms with Crippen LogP contribution < -0.4 is 15.4 Å². The zero-order valence-corrected chi connectivity index (χ0v) is 20.8. The van der Waals surface area contributed by atoms with Crippen LogP contribution in [0, 0.1) is 0 Å². The fourth-order valence-electron chi connectivity index (χ4n) is 3.63. The third-order valence-electron chi connectivity index (χ3n) is 5.38. The first-order chi connectivity index (χ1) is 17.9. The lowest BCUT2D eigenvalue weighted by atomic mass is 10.2. The topological polar surface area (TPSA) is 113 Å². The van der Waals surface area contributed by atoms with Crippen molar-refractivity contribution in [3.63, 3.8) is 0 Å². The van der Waals surface area contributed by atoms with E-state index in [-0.39, 0.29) is 4.90 Å². The van der Waals surface area contributed by atoms with Gasteiger partial charge in [0.25, 0.3) is 10.0 Å². The number of rotatable bonds is 6. The Morgan fingerprint density at radius 1 is 0.757 bits per heavy atom. The number of aromatic nitrogens is 2. The average molecular weight is 530 g/mol. The summed E-state index contributed by atoms with van der Waals surface area (Å²) >= 11 is 6.22. The lowest BCUT2D eigenvalue weighted by Gasteiger charge is -2.12. The van der Waals surface area contributed by atoms with Crippen LogP contribution in [0.2, 0.25) is 5.02 Å². The molecule has 2 amide bonds. The second kappa shape index (κ2) is 10.3. The number of benzene rings is 4. The number of carbonyl (C=O) groups excluding carboxylic acids is 1. The maximum Gasteiger partial charge on any atom is 0.333 e. The van der Waals surface area contributed by atoms with Gasteiger partial charge in [-0.2, -0.15) is 0 Å². The van der Waals surface area contributed by atoms with Crippen LogP contribution >= 0.6 is 11.6 Å². The van der Waals surface area contributed by atoms with Gasteiger partial charge in [0, 0.05) is 27.3 Å². The maximum atomic E-state index is 12.7. The van der Waals surface area contributed by atoms with E-state index in [1.165, 1.54) is 12.1 Å². The lowest BCUT2D eigenvalue weighted by molar-refractivity contribution is 0.256. The van der Waals surface area contributed by atoms with Crippen LogP contribution in [0.5, 0.6) is 0 Å². The molecule has 0 aliphatic carbocycles. The summed E-state index contributed by atoms with van der Waals surface area (Å²) < 4.78 is 27.4. The molecule has 0 atom stereocenters. The normalized spacial score (nSPS) is 11.2. The highest BCUT2D eigenvalue weighted by atomic mass is 35.5. The summed E-state index contributed by atoms with van der Waals surface area (Å²) in [5, 5.41) is 6.96. The van der Waals surface area contributed by atoms with Gasteiger partial charge in [-0.25, -0.2) is 27.9 Å². The molecule has 0 unspecified atom stereocenters. The largest absolute Gasteiger partial charge is 0.340 e. The average Bonchev–Trinajstić information content (AvgIpc) is 2.90. The van der Waals surface area contributed by atoms with E-state index < -0.39 is 16.1 Å². The SMILES string of the molecule is O=C(Nc1ccccc1)NS(=O)(=O)c1ccc(Nc2nc(-c3ccccc3)nc3ccc(Cl)cc23)cc1. The summed E-state index contributed by atoms with van der Waals surface area (Å²) in [5.41, 5.74) is 2.62. The highest BCUT2D eigenvalue weighted by Crippen LogP contribution is 2.29. The minimum absolute atomic E-state index is 0.0678. The van der Waals surface area contributed by atoms with E-state index >= 15 is 0 Å². The highest BCUT2D eigenvalue weighted by molar-refractivity contribution is 7.90. The molecular weight excluding hydrogens is 510 g/mol. The third kappa shape index (κ3) is 5.69. The van der Waals surface area contributed by atoms with Crippen molar-refractivity contribution in [1.29, 1.82) is 0 Å². The molecule has 0 radical (unpaired) electrons. The van der Waals surface area contributed by atoms with Gasteiger partial charge < -0.3 is 10.6 Å². The van der Waals surface area contributed by atoms with E-state index in [4.69, 9.17) is 16.6 Å². The Balaban J connectivity index is 1.39. The Bertz CT molecular complexity index is 1680. The van der Waals surface area contributed by atoms with Gasteiger partial charge in [-0.05, 0) is 54.6 Å². The highest BCUT2D eigenvalue weighted by Gasteiger charge is 2.18. The number of fused-ring (bicyclic) bond motifs is 1. The summed E-state index contributed by atoms with van der Waals surface area (Å²) in [7, 11) is -4.09. The fourth-order valence-corrected chi connectivity index (χ4v) is 4.70. The van der Waals surface area contributed by atoms with E-state index in [0.29, 0.717) is 38.9 Å². The first kappa shape index (κ1) is 24.2. The monoisotopic (exact) mass is 529 g/mol. The van der Waals surface area contributed by atoms with Gasteiger partial charge in [-0.1, -0.05) is 60.1 Å². The molecule has 37 heavy (non-hydrogen) atoms. The van der Waals surface area contributed by atoms with E-state index in [9.17, 15) is 13.2 Å². The molecular formula is C27H20ClN5O3S. The second-order valence-corrected chi connectivity index (χ2v) is 10.1. The number of urea groups is 1. The Labute approximate surface area is 218 Å². The third-order valence-corrected chi connectivity index (χ3v) is 6.96. The number of para-hydroxylation sites is 1. The molecule has 1 aromatic heterocycles. The van der Waals surface area contributed by atoms with Crippen LogP contribution in [0.15, 0.2) is 108 Å². The number of amides is 2. The predicted octanol–water partition coefficient (Wildman–Crippen LogP) is 6.20. The summed E-state index contributed by atoms with van der Waals surface area (Å²) in [5.74, 6) is 1.05. The number of nitrogens with zero attached hydrogens (tertiary/aromatic N) is 2. The van der Waals surface area contributed by atoms with Gasteiger partial charge >= 0.3 is 6.03 Å². The van der Waals surface area contributed by atoms with Crippen LogP contribution in [-0.4, -0.2) is 24.4 Å². The van der Waals surface area contributed by atoms with Gasteiger partial charge in [-0.3, -0.25) is 0 Å². The van der Waals surface area contributed by atoms with Crippen molar-refractivity contribution < 1.29 is 13.2 Å². The molecule has 0 aliphatic heterocycles. The van der Waals surface area contributed by atoms with Crippen molar-refractivity contribution >= 4 is 55.8 Å². The van der Waals surface area contributed by atoms with Crippen molar-refractivity contribution in [3.05, 3.63) is 108 Å². The molecule has 8 nitrogen and oxygen atoms in total. The van der Waals surface area contributed by atoms with Crippen molar-refractivity contribution in [2.24, 2.45) is 0 Å². The Hall–Kier alpha value is -4.47. The fraction of sp³-hybridized carbons (Fsp3) is 0. The van der Waals surface area contributed by atoms with Crippen molar-refractivity contribution in [2.45, 2.75) is 4.90 Å². The van der Waals surface area contributed by atoms with Crippen LogP contribution in [0.25, 0.3) is 22.3 Å². The van der Waals surface area contributed by atoms with Gasteiger partial charge in [0.05, 0.1) is 10.4 Å². The van der Waals surface area contributed by atoms with Gasteiger partial charge in [0.2, 0.25) is 0 Å². The maximum absolute atomic E-state index is 12.7. The number of hydrogen-bond donors (Lipinski definition) is 3. The molecule has 0 bridgehead atoms. The molecule has 3 N–H and O–H groups in total. The number of halogens is 1. The van der Waals surface area contributed by atoms with Crippen LogP contribution in [0.1, 0.15) is 0 Å². The molecule has 10 heteroatoms. The summed E-state index contributed by atoms with van der Waals surface area (Å²) in [4.78, 5) is 21.5. The van der Waals surface area contributed by atoms with Crippen molar-refractivity contribution in [2.75, 3.05) is 10.6 Å². The Morgan fingerprint density at radius 2 is 1.43 bits per heavy atom. The van der Waals surface area contributed by atoms with Crippen LogP contribution in [-0.2, 0) is 10.0 Å². The molecule has 0 saturated heterocycles. The zero-order valence-electron chi connectivity index (χ0n) is 19.2. The van der Waals surface area contributed by atoms with Gasteiger partial charge in [0.15, 0.2) is 5.82 Å². The smallest absolute Gasteiger partial charge is 0.333 e. The minimum atomic E-state index is -4.09. The molecule has 1 heterocycles. The summed E-state index contributed by atoms with van der Waals surface area (Å²) in [6.45, 7) is 0. The summed E-state index contributed by atoms with van der Waals surface area (Å²) in [6, 6.07) is 28.6. The summed E-state index contributed by atoms with van der Waals surface area (Å²) in [6.07, 6.45) is 0. The van der Waals surface area contributed by atoms with E-state index in [1.54, 1.807) is 54.6 Å². The Morgan fingerprint density at radius 3 is 2.14 bits per heavy atom. The predicted molar refractivity (Wildman–Crippen MR) is 145 cm³/mol. The molecule has 0 saturated carbocycles. The molecule has 184 valence electrons. The van der Waals surface area contributed by atoms with Crippen molar-refractivity contribution in [3.8, 4) is 11.4 Å².